The Morgan fingerprint density at radius 1 is 0.405 bits per heavy atom. The fourth-order valence-corrected chi connectivity index (χ4v) is 8.47. The summed E-state index contributed by atoms with van der Waals surface area (Å²) in [5, 5.41) is 9.79. The van der Waals surface area contributed by atoms with E-state index in [0.717, 1.165) is 103 Å². The topological polar surface area (TPSA) is 155 Å². The maximum Gasteiger partial charge on any atom is 0.472 e. The maximum atomic E-state index is 12.9. The van der Waals surface area contributed by atoms with E-state index in [1.165, 1.54) is 77.0 Å². The van der Waals surface area contributed by atoms with Gasteiger partial charge < -0.3 is 24.2 Å². The van der Waals surface area contributed by atoms with Crippen molar-refractivity contribution in [3.05, 3.63) is 97.2 Å². The van der Waals surface area contributed by atoms with E-state index in [1.807, 2.05) is 18.2 Å². The molecule has 0 radical (unpaired) electrons. The molecule has 0 spiro atoms. The second-order valence-electron chi connectivity index (χ2n) is 19.1. The standard InChI is InChI=1S/C62H105O11P/c1-4-7-10-13-16-19-22-25-28-29-32-35-38-41-44-47-50-53-62(66)73-59(55-69-60(64)51-48-45-42-39-36-33-30-26-23-20-17-14-11-8-5-2)57-71-74(67,68)70-56-58(54-63)72-61(65)52-49-46-43-40-37-34-31-27-24-21-18-15-12-9-6-3/h7,9-10,12,16,18-19,21,25,27-28,31,37,40,46,49,58-59,63H,4-6,8,11,13-15,17,20,22-24,26,29-30,32-36,38-39,41-45,47-48,50-57H2,1-3H3,(H,67,68)/b10-7-,12-9-,19-16-,21-18-,28-25-,31-27-,40-37-,49-46-. The quantitative estimate of drug-likeness (QED) is 0.0197. The Morgan fingerprint density at radius 3 is 1.19 bits per heavy atom. The minimum atomic E-state index is -4.78. The largest absolute Gasteiger partial charge is 0.472 e. The van der Waals surface area contributed by atoms with Crippen LogP contribution in [0.25, 0.3) is 0 Å². The van der Waals surface area contributed by atoms with Crippen LogP contribution >= 0.6 is 7.82 Å². The van der Waals surface area contributed by atoms with Crippen LogP contribution in [0.4, 0.5) is 0 Å². The van der Waals surface area contributed by atoms with E-state index in [0.29, 0.717) is 19.3 Å². The highest BCUT2D eigenvalue weighted by atomic mass is 31.2. The first-order chi connectivity index (χ1) is 36.2. The van der Waals surface area contributed by atoms with Crippen molar-refractivity contribution in [2.75, 3.05) is 26.4 Å². The predicted molar refractivity (Wildman–Crippen MR) is 307 cm³/mol. The zero-order chi connectivity index (χ0) is 54.1. The van der Waals surface area contributed by atoms with Crippen LogP contribution in [0.5, 0.6) is 0 Å². The number of hydrogen-bond donors (Lipinski definition) is 2. The highest BCUT2D eigenvalue weighted by molar-refractivity contribution is 7.47. The molecule has 0 amide bonds. The van der Waals surface area contributed by atoms with E-state index in [2.05, 4.69) is 93.7 Å². The molecule has 0 aliphatic heterocycles. The van der Waals surface area contributed by atoms with E-state index >= 15 is 0 Å². The first-order valence-electron chi connectivity index (χ1n) is 29.1. The third-order valence-corrected chi connectivity index (χ3v) is 13.0. The van der Waals surface area contributed by atoms with E-state index < -0.39 is 57.8 Å². The van der Waals surface area contributed by atoms with Crippen molar-refractivity contribution in [3.8, 4) is 0 Å². The smallest absolute Gasteiger partial charge is 0.462 e. The predicted octanol–water partition coefficient (Wildman–Crippen LogP) is 17.3. The third-order valence-electron chi connectivity index (χ3n) is 12.0. The number of phosphoric acid groups is 1. The number of allylic oxidation sites excluding steroid dienone is 15. The molecule has 0 aliphatic rings. The second-order valence-corrected chi connectivity index (χ2v) is 20.5. The summed E-state index contributed by atoms with van der Waals surface area (Å²) in [6, 6.07) is 0. The summed E-state index contributed by atoms with van der Waals surface area (Å²) >= 11 is 0. The summed E-state index contributed by atoms with van der Waals surface area (Å²) in [4.78, 5) is 48.5. The molecular weight excluding hydrogens is 952 g/mol. The number of aliphatic hydroxyl groups excluding tert-OH is 1. The summed E-state index contributed by atoms with van der Waals surface area (Å²) in [5.74, 6) is -1.61. The van der Waals surface area contributed by atoms with Gasteiger partial charge in [0.15, 0.2) is 6.10 Å². The highest BCUT2D eigenvalue weighted by Gasteiger charge is 2.28. The van der Waals surface area contributed by atoms with Crippen LogP contribution in [-0.4, -0.2) is 66.5 Å². The normalized spacial score (nSPS) is 14.1. The number of aliphatic hydroxyl groups is 1. The van der Waals surface area contributed by atoms with E-state index in [-0.39, 0.29) is 25.9 Å². The number of rotatable bonds is 53. The van der Waals surface area contributed by atoms with Crippen LogP contribution in [0.3, 0.4) is 0 Å². The molecule has 3 unspecified atom stereocenters. The first-order valence-corrected chi connectivity index (χ1v) is 30.6. The van der Waals surface area contributed by atoms with Gasteiger partial charge in [0.2, 0.25) is 0 Å². The number of carbonyl (C=O) groups excluding carboxylic acids is 3. The van der Waals surface area contributed by atoms with Crippen molar-refractivity contribution in [3.63, 3.8) is 0 Å². The first kappa shape index (κ1) is 70.4. The lowest BCUT2D eigenvalue weighted by Gasteiger charge is -2.21. The van der Waals surface area contributed by atoms with Gasteiger partial charge in [-0.05, 0) is 77.0 Å². The molecule has 424 valence electrons. The van der Waals surface area contributed by atoms with Crippen molar-refractivity contribution in [2.45, 2.75) is 251 Å². The van der Waals surface area contributed by atoms with Crippen LogP contribution in [0.2, 0.25) is 0 Å². The number of hydrogen-bond acceptors (Lipinski definition) is 10. The molecule has 0 heterocycles. The Labute approximate surface area is 451 Å². The average Bonchev–Trinajstić information content (AvgIpc) is 3.39. The van der Waals surface area contributed by atoms with Gasteiger partial charge in [0.1, 0.15) is 12.7 Å². The molecule has 0 saturated heterocycles. The van der Waals surface area contributed by atoms with Crippen LogP contribution in [0.1, 0.15) is 239 Å². The number of carbonyl (C=O) groups is 3. The molecule has 0 saturated carbocycles. The van der Waals surface area contributed by atoms with Crippen LogP contribution in [0.15, 0.2) is 97.2 Å². The maximum absolute atomic E-state index is 12.9. The summed E-state index contributed by atoms with van der Waals surface area (Å²) in [5.41, 5.74) is 0. The molecule has 12 heteroatoms. The van der Waals surface area contributed by atoms with Gasteiger partial charge in [-0.25, -0.2) is 4.57 Å². The summed E-state index contributed by atoms with van der Waals surface area (Å²) in [6.45, 7) is 4.31. The Hall–Kier alpha value is -3.60. The van der Waals surface area contributed by atoms with E-state index in [9.17, 15) is 28.9 Å². The molecule has 0 rings (SSSR count). The van der Waals surface area contributed by atoms with Crippen molar-refractivity contribution >= 4 is 25.7 Å². The van der Waals surface area contributed by atoms with Gasteiger partial charge >= 0.3 is 25.7 Å². The Morgan fingerprint density at radius 2 is 0.757 bits per heavy atom. The summed E-state index contributed by atoms with van der Waals surface area (Å²) < 4.78 is 39.4. The van der Waals surface area contributed by atoms with Crippen LogP contribution in [0, 0.1) is 0 Å². The molecule has 0 aliphatic carbocycles. The molecule has 0 aromatic rings. The van der Waals surface area contributed by atoms with Gasteiger partial charge in [-0.1, -0.05) is 240 Å². The SMILES string of the molecule is CC/C=C\C/C=C\C/C=C\C/C=C\C/C=C\CC(=O)OC(CO)COP(=O)(O)OCC(COC(=O)CCCCCCCCCCCCCCCCC)OC(=O)CCCCCCCCC/C=C\C/C=C\C/C=C\CC. The molecule has 3 atom stereocenters. The number of ether oxygens (including phenoxy) is 3. The zero-order valence-electron chi connectivity index (χ0n) is 46.8. The van der Waals surface area contributed by atoms with Crippen molar-refractivity contribution in [2.24, 2.45) is 0 Å². The number of esters is 3. The summed E-state index contributed by atoms with van der Waals surface area (Å²) in [7, 11) is -4.78. The third kappa shape index (κ3) is 53.2. The average molecular weight is 1060 g/mol. The monoisotopic (exact) mass is 1060 g/mol. The minimum Gasteiger partial charge on any atom is -0.462 e. The van der Waals surface area contributed by atoms with Gasteiger partial charge in [-0.2, -0.15) is 0 Å². The molecule has 2 N–H and O–H groups in total. The fourth-order valence-electron chi connectivity index (χ4n) is 7.68. The number of phosphoric ester groups is 1. The highest BCUT2D eigenvalue weighted by Crippen LogP contribution is 2.43. The van der Waals surface area contributed by atoms with E-state index in [4.69, 9.17) is 23.3 Å². The lowest BCUT2D eigenvalue weighted by Crippen LogP contribution is -2.30. The Balaban J connectivity index is 4.81. The summed E-state index contributed by atoms with van der Waals surface area (Å²) in [6.07, 6.45) is 65.3. The fraction of sp³-hybridized carbons (Fsp3) is 0.694. The molecule has 74 heavy (non-hydrogen) atoms. The van der Waals surface area contributed by atoms with Crippen LogP contribution < -0.4 is 0 Å². The zero-order valence-corrected chi connectivity index (χ0v) is 47.7. The molecule has 0 aromatic heterocycles. The molecule has 11 nitrogen and oxygen atoms in total. The van der Waals surface area contributed by atoms with Crippen molar-refractivity contribution in [1.82, 2.24) is 0 Å². The molecule has 0 fully saturated rings. The Bertz CT molecular complexity index is 1610. The van der Waals surface area contributed by atoms with Crippen molar-refractivity contribution < 1.29 is 52.2 Å². The lowest BCUT2D eigenvalue weighted by atomic mass is 10.0. The number of unbranched alkanes of at least 4 members (excludes halogenated alkanes) is 21. The van der Waals surface area contributed by atoms with Crippen molar-refractivity contribution in [1.29, 1.82) is 0 Å². The second kappa shape index (κ2) is 55.6. The molecule has 0 aromatic carbocycles. The molecular formula is C62H105O11P. The minimum absolute atomic E-state index is 0.0583. The van der Waals surface area contributed by atoms with Gasteiger partial charge in [-0.15, -0.1) is 0 Å². The van der Waals surface area contributed by atoms with Gasteiger partial charge in [-0.3, -0.25) is 23.4 Å². The van der Waals surface area contributed by atoms with Gasteiger partial charge in [0.25, 0.3) is 0 Å². The van der Waals surface area contributed by atoms with Gasteiger partial charge in [0.05, 0.1) is 26.2 Å². The van der Waals surface area contributed by atoms with Crippen LogP contribution in [-0.2, 0) is 42.2 Å². The molecule has 0 bridgehead atoms. The van der Waals surface area contributed by atoms with E-state index in [1.54, 1.807) is 6.08 Å². The lowest BCUT2D eigenvalue weighted by molar-refractivity contribution is -0.161. The van der Waals surface area contributed by atoms with Gasteiger partial charge in [0, 0.05) is 12.8 Å². The Kier molecular flexibility index (Phi) is 52.9.